The Morgan fingerprint density at radius 1 is 0.600 bits per heavy atom. The quantitative estimate of drug-likeness (QED) is 0.476. The van der Waals surface area contributed by atoms with E-state index in [9.17, 15) is 0 Å². The van der Waals surface area contributed by atoms with Gasteiger partial charge in [0.15, 0.2) is 0 Å². The Balaban J connectivity index is 0.000000124. The first kappa shape index (κ1) is 10.0. The minimum absolute atomic E-state index is 1.25. The molecule has 0 spiro atoms. The third kappa shape index (κ3) is 15.7. The maximum absolute atomic E-state index is 2.12. The maximum atomic E-state index is 2.12. The fraction of sp³-hybridized carbons (Fsp3) is 1.00. The fourth-order valence-electron chi connectivity index (χ4n) is 0.250. The summed E-state index contributed by atoms with van der Waals surface area (Å²) in [7, 11) is 0. The molecule has 0 aromatic carbocycles. The normalized spacial score (nSPS) is 18.6. The van der Waals surface area contributed by atoms with Gasteiger partial charge in [-0.05, 0) is 0 Å². The molecule has 2 aliphatic rings. The zero-order valence-corrected chi connectivity index (χ0v) is 7.66. The van der Waals surface area contributed by atoms with Crippen LogP contribution in [0.1, 0.15) is 65.2 Å². The van der Waals surface area contributed by atoms with Crippen molar-refractivity contribution in [1.82, 2.24) is 0 Å². The maximum Gasteiger partial charge on any atom is -0.0533 e. The van der Waals surface area contributed by atoms with Gasteiger partial charge in [-0.3, -0.25) is 0 Å². The van der Waals surface area contributed by atoms with Crippen LogP contribution in [0.2, 0.25) is 0 Å². The van der Waals surface area contributed by atoms with E-state index in [0.29, 0.717) is 0 Å². The molecular formula is C10H22. The van der Waals surface area contributed by atoms with Gasteiger partial charge in [0.2, 0.25) is 0 Å². The van der Waals surface area contributed by atoms with Crippen LogP contribution in [0.4, 0.5) is 0 Å². The second-order valence-corrected chi connectivity index (χ2v) is 3.18. The molecule has 0 N–H and O–H groups in total. The van der Waals surface area contributed by atoms with Crippen molar-refractivity contribution in [2.24, 2.45) is 0 Å². The predicted octanol–water partition coefficient (Wildman–Crippen LogP) is 4.15. The molecule has 0 nitrogen and oxygen atoms in total. The lowest BCUT2D eigenvalue weighted by Gasteiger charge is -2.05. The Morgan fingerprint density at radius 3 is 0.700 bits per heavy atom. The highest BCUT2D eigenvalue weighted by atomic mass is 14.0. The second-order valence-electron chi connectivity index (χ2n) is 3.18. The largest absolute Gasteiger partial charge is 0.0656 e. The average Bonchev–Trinajstić information content (AvgIpc) is 2.38. The minimum Gasteiger partial charge on any atom is -0.0656 e. The first-order chi connectivity index (χ1) is 4.91. The molecule has 10 heavy (non-hydrogen) atoms. The van der Waals surface area contributed by atoms with Crippen LogP contribution in [0.25, 0.3) is 0 Å². The summed E-state index contributed by atoms with van der Waals surface area (Å²) in [5, 5.41) is 0. The molecular weight excluding hydrogens is 120 g/mol. The first-order valence-electron chi connectivity index (χ1n) is 4.91. The summed E-state index contributed by atoms with van der Waals surface area (Å²) >= 11 is 0. The van der Waals surface area contributed by atoms with Crippen molar-refractivity contribution in [3.63, 3.8) is 0 Å². The van der Waals surface area contributed by atoms with Crippen LogP contribution in [0, 0.1) is 0 Å². The van der Waals surface area contributed by atoms with Crippen LogP contribution < -0.4 is 0 Å². The molecule has 0 unspecified atom stereocenters. The van der Waals surface area contributed by atoms with Crippen LogP contribution >= 0.6 is 0 Å². The summed E-state index contributed by atoms with van der Waals surface area (Å²) in [6, 6.07) is 0. The van der Waals surface area contributed by atoms with Gasteiger partial charge >= 0.3 is 0 Å². The van der Waals surface area contributed by atoms with E-state index in [4.69, 9.17) is 0 Å². The average molecular weight is 142 g/mol. The number of hydrogen-bond acceptors (Lipinski definition) is 0. The molecule has 0 atom stereocenters. The van der Waals surface area contributed by atoms with Gasteiger partial charge in [-0.2, -0.15) is 0 Å². The lowest BCUT2D eigenvalue weighted by atomic mass is 10.0. The van der Waals surface area contributed by atoms with Crippen molar-refractivity contribution in [3.05, 3.63) is 0 Å². The molecule has 2 aliphatic carbocycles. The molecule has 0 amide bonds. The van der Waals surface area contributed by atoms with Crippen LogP contribution in [-0.2, 0) is 0 Å². The van der Waals surface area contributed by atoms with Crippen LogP contribution in [0.5, 0.6) is 0 Å². The van der Waals surface area contributed by atoms with E-state index in [2.05, 4.69) is 13.8 Å². The second kappa shape index (κ2) is 9.00. The van der Waals surface area contributed by atoms with Crippen molar-refractivity contribution < 1.29 is 0 Å². The van der Waals surface area contributed by atoms with E-state index in [0.717, 1.165) is 0 Å². The van der Waals surface area contributed by atoms with Crippen LogP contribution in [0.3, 0.4) is 0 Å². The molecule has 62 valence electrons. The molecule has 0 bridgehead atoms. The lowest BCUT2D eigenvalue weighted by Crippen LogP contribution is -1.85. The lowest BCUT2D eigenvalue weighted by molar-refractivity contribution is 0.504. The Morgan fingerprint density at radius 2 is 0.700 bits per heavy atom. The van der Waals surface area contributed by atoms with Gasteiger partial charge in [0, 0.05) is 0 Å². The predicted molar refractivity (Wildman–Crippen MR) is 48.3 cm³/mol. The van der Waals surface area contributed by atoms with Crippen molar-refractivity contribution in [2.45, 2.75) is 65.2 Å². The van der Waals surface area contributed by atoms with Gasteiger partial charge in [-0.15, -0.1) is 0 Å². The number of hydrogen-bond donors (Lipinski definition) is 0. The topological polar surface area (TPSA) is 0 Å². The minimum atomic E-state index is 1.25. The van der Waals surface area contributed by atoms with Crippen molar-refractivity contribution in [1.29, 1.82) is 0 Å². The van der Waals surface area contributed by atoms with E-state index in [-0.39, 0.29) is 0 Å². The summed E-state index contributed by atoms with van der Waals surface area (Å²) in [5.41, 5.74) is 0. The third-order valence-electron chi connectivity index (χ3n) is 1.35. The summed E-state index contributed by atoms with van der Waals surface area (Å²) in [5.74, 6) is 0. The number of rotatable bonds is 0. The van der Waals surface area contributed by atoms with E-state index < -0.39 is 0 Å². The van der Waals surface area contributed by atoms with E-state index >= 15 is 0 Å². The van der Waals surface area contributed by atoms with Gasteiger partial charge in [0.25, 0.3) is 0 Å². The van der Waals surface area contributed by atoms with Crippen LogP contribution in [-0.4, -0.2) is 0 Å². The van der Waals surface area contributed by atoms with E-state index in [1.807, 2.05) is 0 Å². The summed E-state index contributed by atoms with van der Waals surface area (Å²) in [6.45, 7) is 4.25. The smallest absolute Gasteiger partial charge is 0.0533 e. The zero-order chi connectivity index (χ0) is 7.66. The molecule has 2 saturated carbocycles. The fourth-order valence-corrected chi connectivity index (χ4v) is 0.250. The molecule has 0 saturated heterocycles. The van der Waals surface area contributed by atoms with Gasteiger partial charge in [0.05, 0.1) is 0 Å². The molecule has 0 radical (unpaired) electrons. The molecule has 2 rings (SSSR count). The highest BCUT2D eigenvalue weighted by molar-refractivity contribution is 4.51. The summed E-state index contributed by atoms with van der Waals surface area (Å²) < 4.78 is 0. The molecule has 0 heterocycles. The van der Waals surface area contributed by atoms with Gasteiger partial charge in [-0.1, -0.05) is 65.2 Å². The Labute approximate surface area is 66.0 Å². The summed E-state index contributed by atoms with van der Waals surface area (Å²) in [4.78, 5) is 0. The van der Waals surface area contributed by atoms with E-state index in [1.165, 1.54) is 51.4 Å². The van der Waals surface area contributed by atoms with Crippen LogP contribution in [0.15, 0.2) is 0 Å². The molecule has 0 aliphatic heterocycles. The van der Waals surface area contributed by atoms with Gasteiger partial charge < -0.3 is 0 Å². The Bertz CT molecular complexity index is 35.2. The Kier molecular flexibility index (Phi) is 9.00. The molecule has 0 aromatic rings. The first-order valence-corrected chi connectivity index (χ1v) is 4.91. The molecule has 2 fully saturated rings. The monoisotopic (exact) mass is 142 g/mol. The molecule has 0 heteroatoms. The van der Waals surface area contributed by atoms with Crippen molar-refractivity contribution >= 4 is 0 Å². The standard InChI is InChI=1S/C4H8.C3H6.C3H8/c1-2-4-3-1;1-2-3-1;1-3-2/h1-4H2;1-3H2;3H2,1-2H3. The van der Waals surface area contributed by atoms with Crippen molar-refractivity contribution in [2.75, 3.05) is 0 Å². The van der Waals surface area contributed by atoms with Gasteiger partial charge in [0.1, 0.15) is 0 Å². The zero-order valence-electron chi connectivity index (χ0n) is 7.66. The highest BCUT2D eigenvalue weighted by Crippen LogP contribution is 2.15. The third-order valence-corrected chi connectivity index (χ3v) is 1.35. The van der Waals surface area contributed by atoms with Crippen molar-refractivity contribution in [3.8, 4) is 0 Å². The van der Waals surface area contributed by atoms with E-state index in [1.54, 1.807) is 0 Å². The highest BCUT2D eigenvalue weighted by Gasteiger charge is 1.95. The SMILES string of the molecule is C1CC1.C1CCC1.CCC. The summed E-state index contributed by atoms with van der Waals surface area (Å²) in [6.07, 6.45) is 11.8. The Hall–Kier alpha value is 0. The van der Waals surface area contributed by atoms with Gasteiger partial charge in [-0.25, -0.2) is 0 Å². The molecule has 0 aromatic heterocycles.